The molecule has 3 heteroatoms. The number of aromatic nitrogens is 1. The van der Waals surface area contributed by atoms with Crippen LogP contribution in [0.5, 0.6) is 0 Å². The molecule has 1 aromatic rings. The number of hydrogen-bond donors (Lipinski definition) is 0. The van der Waals surface area contributed by atoms with E-state index in [9.17, 15) is 0 Å². The second-order valence-corrected chi connectivity index (χ2v) is 5.09. The Bertz CT molecular complexity index is 388. The summed E-state index contributed by atoms with van der Waals surface area (Å²) in [5.41, 5.74) is 2.32. The molecule has 2 atom stereocenters. The van der Waals surface area contributed by atoms with Gasteiger partial charge >= 0.3 is 0 Å². The minimum Gasteiger partial charge on any atom is -0.283 e. The molecular weight excluding hydrogens is 232 g/mol. The van der Waals surface area contributed by atoms with E-state index in [2.05, 4.69) is 35.9 Å². The first kappa shape index (κ1) is 12.6. The minimum atomic E-state index is -0.0182. The zero-order valence-corrected chi connectivity index (χ0v) is 11.2. The molecule has 0 aliphatic carbocycles. The first-order valence-corrected chi connectivity index (χ1v) is 6.66. The van der Waals surface area contributed by atoms with Crippen LogP contribution < -0.4 is 0 Å². The first-order chi connectivity index (χ1) is 8.22. The smallest absolute Gasteiger partial charge is 0.111 e. The Hall–Kier alpha value is -0.860. The van der Waals surface area contributed by atoms with Crippen molar-refractivity contribution in [3.63, 3.8) is 0 Å². The summed E-state index contributed by atoms with van der Waals surface area (Å²) in [4.78, 5) is 6.51. The molecule has 0 bridgehead atoms. The first-order valence-electron chi connectivity index (χ1n) is 6.22. The summed E-state index contributed by atoms with van der Waals surface area (Å²) >= 11 is 6.56. The zero-order valence-electron chi connectivity index (χ0n) is 10.4. The van der Waals surface area contributed by atoms with E-state index in [1.807, 2.05) is 12.3 Å². The fourth-order valence-corrected chi connectivity index (χ4v) is 2.73. The lowest BCUT2D eigenvalue weighted by Crippen LogP contribution is -2.39. The molecular formula is C14H19ClN2. The Morgan fingerprint density at radius 3 is 3.00 bits per heavy atom. The van der Waals surface area contributed by atoms with Crippen molar-refractivity contribution in [1.82, 2.24) is 9.88 Å². The van der Waals surface area contributed by atoms with E-state index in [0.29, 0.717) is 5.92 Å². The van der Waals surface area contributed by atoms with Crippen molar-refractivity contribution in [2.45, 2.75) is 25.8 Å². The molecule has 0 saturated carbocycles. The number of pyridine rings is 1. The molecule has 1 aliphatic rings. The number of alkyl halides is 1. The molecule has 2 nitrogen and oxygen atoms in total. The Balaban J connectivity index is 2.26. The third-order valence-electron chi connectivity index (χ3n) is 3.07. The number of nitrogens with zero attached hydrogens (tertiary/aromatic N) is 2. The van der Waals surface area contributed by atoms with Gasteiger partial charge in [-0.2, -0.15) is 0 Å². The molecule has 0 spiro atoms. The SMILES string of the molecule is CCCN1CC(C)C=C(c2cccnc2)C1Cl. The van der Waals surface area contributed by atoms with Crippen LogP contribution >= 0.6 is 11.6 Å². The molecule has 0 N–H and O–H groups in total. The fraction of sp³-hybridized carbons (Fsp3) is 0.500. The minimum absolute atomic E-state index is 0.0182. The molecule has 2 rings (SSSR count). The molecule has 1 aliphatic heterocycles. The van der Waals surface area contributed by atoms with E-state index in [0.717, 1.165) is 25.1 Å². The standard InChI is InChI=1S/C14H19ClN2/c1-3-7-17-10-11(2)8-13(14(17)15)12-5-4-6-16-9-12/h4-6,8-9,11,14H,3,7,10H2,1-2H3. The van der Waals surface area contributed by atoms with Crippen molar-refractivity contribution >= 4 is 17.2 Å². The van der Waals surface area contributed by atoms with Gasteiger partial charge in [-0.15, -0.1) is 11.6 Å². The van der Waals surface area contributed by atoms with Gasteiger partial charge in [0.15, 0.2) is 0 Å². The van der Waals surface area contributed by atoms with E-state index < -0.39 is 0 Å². The van der Waals surface area contributed by atoms with Crippen molar-refractivity contribution in [3.8, 4) is 0 Å². The van der Waals surface area contributed by atoms with Gasteiger partial charge in [0.2, 0.25) is 0 Å². The predicted molar refractivity (Wildman–Crippen MR) is 72.9 cm³/mol. The third-order valence-corrected chi connectivity index (χ3v) is 3.58. The molecule has 0 fully saturated rings. The highest BCUT2D eigenvalue weighted by atomic mass is 35.5. The average molecular weight is 251 g/mol. The van der Waals surface area contributed by atoms with Crippen LogP contribution in [0.1, 0.15) is 25.8 Å². The quantitative estimate of drug-likeness (QED) is 0.604. The molecule has 17 heavy (non-hydrogen) atoms. The molecule has 2 heterocycles. The lowest BCUT2D eigenvalue weighted by molar-refractivity contribution is 0.251. The lowest BCUT2D eigenvalue weighted by atomic mass is 9.96. The van der Waals surface area contributed by atoms with Gasteiger partial charge in [0.05, 0.1) is 0 Å². The van der Waals surface area contributed by atoms with Crippen molar-refractivity contribution < 1.29 is 0 Å². The summed E-state index contributed by atoms with van der Waals surface area (Å²) in [7, 11) is 0. The molecule has 0 radical (unpaired) electrons. The Kier molecular flexibility index (Phi) is 4.19. The molecule has 92 valence electrons. The summed E-state index contributed by atoms with van der Waals surface area (Å²) in [6.07, 6.45) is 7.10. The van der Waals surface area contributed by atoms with Crippen molar-refractivity contribution in [1.29, 1.82) is 0 Å². The Labute approximate surface area is 108 Å². The van der Waals surface area contributed by atoms with Gasteiger partial charge in [0.1, 0.15) is 5.50 Å². The zero-order chi connectivity index (χ0) is 12.3. The molecule has 0 saturated heterocycles. The van der Waals surface area contributed by atoms with Crippen LogP contribution in [0.4, 0.5) is 0 Å². The molecule has 1 aromatic heterocycles. The topological polar surface area (TPSA) is 16.1 Å². The van der Waals surface area contributed by atoms with E-state index in [-0.39, 0.29) is 5.50 Å². The van der Waals surface area contributed by atoms with Crippen molar-refractivity contribution in [2.24, 2.45) is 5.92 Å². The Morgan fingerprint density at radius 1 is 1.53 bits per heavy atom. The van der Waals surface area contributed by atoms with E-state index in [1.54, 1.807) is 6.20 Å². The maximum absolute atomic E-state index is 6.56. The van der Waals surface area contributed by atoms with E-state index >= 15 is 0 Å². The number of hydrogen-bond acceptors (Lipinski definition) is 2. The predicted octanol–water partition coefficient (Wildman–Crippen LogP) is 3.39. The fourth-order valence-electron chi connectivity index (χ4n) is 2.36. The van der Waals surface area contributed by atoms with Gasteiger partial charge in [-0.3, -0.25) is 9.88 Å². The van der Waals surface area contributed by atoms with E-state index in [1.165, 1.54) is 5.57 Å². The third kappa shape index (κ3) is 2.88. The maximum Gasteiger partial charge on any atom is 0.111 e. The van der Waals surface area contributed by atoms with Gasteiger partial charge in [0, 0.05) is 18.9 Å². The highest BCUT2D eigenvalue weighted by molar-refractivity contribution is 6.26. The number of halogens is 1. The van der Waals surface area contributed by atoms with Crippen LogP contribution in [0, 0.1) is 5.92 Å². The van der Waals surface area contributed by atoms with Crippen LogP contribution in [-0.4, -0.2) is 28.5 Å². The van der Waals surface area contributed by atoms with Gasteiger partial charge in [0.25, 0.3) is 0 Å². The van der Waals surface area contributed by atoms with Crippen molar-refractivity contribution in [2.75, 3.05) is 13.1 Å². The second-order valence-electron chi connectivity index (χ2n) is 4.67. The summed E-state index contributed by atoms with van der Waals surface area (Å²) in [5, 5.41) is 0. The van der Waals surface area contributed by atoms with Crippen LogP contribution in [0.3, 0.4) is 0 Å². The largest absolute Gasteiger partial charge is 0.283 e. The summed E-state index contributed by atoms with van der Waals surface area (Å²) < 4.78 is 0. The molecule has 0 amide bonds. The number of rotatable bonds is 3. The summed E-state index contributed by atoms with van der Waals surface area (Å²) in [5.74, 6) is 0.548. The van der Waals surface area contributed by atoms with Gasteiger partial charge in [-0.1, -0.05) is 26.0 Å². The highest BCUT2D eigenvalue weighted by Gasteiger charge is 2.26. The average Bonchev–Trinajstić information content (AvgIpc) is 2.35. The molecule has 0 aromatic carbocycles. The van der Waals surface area contributed by atoms with Crippen LogP contribution in [0.15, 0.2) is 30.6 Å². The van der Waals surface area contributed by atoms with Gasteiger partial charge in [-0.25, -0.2) is 0 Å². The van der Waals surface area contributed by atoms with Crippen molar-refractivity contribution in [3.05, 3.63) is 36.2 Å². The summed E-state index contributed by atoms with van der Waals surface area (Å²) in [6, 6.07) is 4.04. The normalized spacial score (nSPS) is 25.7. The monoisotopic (exact) mass is 250 g/mol. The highest BCUT2D eigenvalue weighted by Crippen LogP contribution is 2.31. The van der Waals surface area contributed by atoms with Gasteiger partial charge in [-0.05, 0) is 36.1 Å². The van der Waals surface area contributed by atoms with Crippen LogP contribution in [0.25, 0.3) is 5.57 Å². The van der Waals surface area contributed by atoms with E-state index in [4.69, 9.17) is 11.6 Å². The summed E-state index contributed by atoms with van der Waals surface area (Å²) in [6.45, 7) is 6.53. The molecule has 2 unspecified atom stereocenters. The van der Waals surface area contributed by atoms with Crippen LogP contribution in [0.2, 0.25) is 0 Å². The Morgan fingerprint density at radius 2 is 2.35 bits per heavy atom. The van der Waals surface area contributed by atoms with Gasteiger partial charge < -0.3 is 0 Å². The van der Waals surface area contributed by atoms with Crippen LogP contribution in [-0.2, 0) is 0 Å². The maximum atomic E-state index is 6.56. The second kappa shape index (κ2) is 5.65. The lowest BCUT2D eigenvalue weighted by Gasteiger charge is -2.35.